The van der Waals surface area contributed by atoms with E-state index in [0.717, 1.165) is 26.2 Å². The maximum atomic E-state index is 13.9. The predicted molar refractivity (Wildman–Crippen MR) is 121 cm³/mol. The molecule has 0 saturated heterocycles. The number of amides is 1. The van der Waals surface area contributed by atoms with E-state index in [2.05, 4.69) is 21.8 Å². The van der Waals surface area contributed by atoms with Crippen molar-refractivity contribution in [3.05, 3.63) is 63.2 Å². The number of aryl methyl sites for hydroxylation is 2. The maximum absolute atomic E-state index is 13.9. The molecule has 1 aromatic carbocycles. The van der Waals surface area contributed by atoms with E-state index < -0.39 is 24.2 Å². The fourth-order valence-corrected chi connectivity index (χ4v) is 5.17. The van der Waals surface area contributed by atoms with E-state index in [-0.39, 0.29) is 17.9 Å². The number of alkyl halides is 3. The Morgan fingerprint density at radius 2 is 2.03 bits per heavy atom. The van der Waals surface area contributed by atoms with Crippen molar-refractivity contribution >= 4 is 28.1 Å². The Bertz CT molecular complexity index is 1240. The van der Waals surface area contributed by atoms with Crippen molar-refractivity contribution < 1.29 is 18.0 Å². The quantitative estimate of drug-likeness (QED) is 0.494. The van der Waals surface area contributed by atoms with Crippen LogP contribution in [0.25, 0.3) is 0 Å². The van der Waals surface area contributed by atoms with Gasteiger partial charge in [-0.3, -0.25) is 4.79 Å². The highest BCUT2D eigenvalue weighted by Crippen LogP contribution is 2.43. The van der Waals surface area contributed by atoms with Crippen LogP contribution in [0.2, 0.25) is 0 Å². The molecular weight excluding hydrogens is 451 g/mol. The number of carbonyl (C=O) groups excluding carboxylic acids is 1. The molecule has 1 amide bonds. The molecule has 172 valence electrons. The normalized spacial score (nSPS) is 17.7. The van der Waals surface area contributed by atoms with Gasteiger partial charge in [0, 0.05) is 17.4 Å². The van der Waals surface area contributed by atoms with Crippen molar-refractivity contribution in [3.63, 3.8) is 0 Å². The molecule has 1 aliphatic heterocycles. The highest BCUT2D eigenvalue weighted by Gasteiger charge is 2.46. The number of hydrogen-bond acceptors (Lipinski definition) is 5. The minimum atomic E-state index is -4.53. The zero-order valence-corrected chi connectivity index (χ0v) is 19.1. The fraction of sp³-hybridized carbons (Fsp3) is 0.348. The van der Waals surface area contributed by atoms with Gasteiger partial charge in [0.2, 0.25) is 0 Å². The summed E-state index contributed by atoms with van der Waals surface area (Å²) in [6, 6.07) is 8.29. The molecule has 33 heavy (non-hydrogen) atoms. The molecule has 0 bridgehead atoms. The number of thiophene rings is 1. The molecular formula is C23H22F3N5OS. The maximum Gasteiger partial charge on any atom is 0.410 e. The monoisotopic (exact) mass is 473 g/mol. The van der Waals surface area contributed by atoms with Crippen LogP contribution in [0.3, 0.4) is 0 Å². The molecule has 2 aromatic heterocycles. The lowest BCUT2D eigenvalue weighted by Gasteiger charge is -2.33. The third kappa shape index (κ3) is 4.33. The molecule has 1 aliphatic rings. The van der Waals surface area contributed by atoms with Gasteiger partial charge in [0.15, 0.2) is 11.7 Å². The van der Waals surface area contributed by atoms with E-state index in [4.69, 9.17) is 0 Å². The number of anilines is 2. The molecule has 3 heterocycles. The van der Waals surface area contributed by atoms with E-state index in [1.165, 1.54) is 17.4 Å². The molecule has 4 rings (SSSR count). The summed E-state index contributed by atoms with van der Waals surface area (Å²) < 4.78 is 42.5. The molecule has 10 heteroatoms. The van der Waals surface area contributed by atoms with Crippen molar-refractivity contribution in [2.24, 2.45) is 0 Å². The van der Waals surface area contributed by atoms with Gasteiger partial charge in [-0.15, -0.1) is 11.3 Å². The predicted octanol–water partition coefficient (Wildman–Crippen LogP) is 5.91. The van der Waals surface area contributed by atoms with E-state index >= 15 is 0 Å². The van der Waals surface area contributed by atoms with Gasteiger partial charge in [0.05, 0.1) is 11.6 Å². The smallest absolute Gasteiger partial charge is 0.363 e. The first-order valence-electron chi connectivity index (χ1n) is 10.5. The van der Waals surface area contributed by atoms with E-state index in [1.807, 2.05) is 32.9 Å². The number of fused-ring (bicyclic) bond motifs is 1. The summed E-state index contributed by atoms with van der Waals surface area (Å²) in [4.78, 5) is 13.8. The van der Waals surface area contributed by atoms with Crippen molar-refractivity contribution in [2.45, 2.75) is 51.9 Å². The molecule has 6 nitrogen and oxygen atoms in total. The Kier molecular flexibility index (Phi) is 5.93. The molecule has 3 aromatic rings. The van der Waals surface area contributed by atoms with Crippen LogP contribution in [0.1, 0.15) is 63.0 Å². The number of nitrogens with one attached hydrogen (secondary N) is 2. The van der Waals surface area contributed by atoms with Gasteiger partial charge in [-0.25, -0.2) is 4.68 Å². The molecule has 0 aliphatic carbocycles. The van der Waals surface area contributed by atoms with Crippen LogP contribution in [0, 0.1) is 25.2 Å². The zero-order valence-electron chi connectivity index (χ0n) is 18.2. The second-order valence-corrected chi connectivity index (χ2v) is 9.25. The molecule has 0 saturated carbocycles. The summed E-state index contributed by atoms with van der Waals surface area (Å²) in [6.07, 6.45) is -4.14. The second kappa shape index (κ2) is 8.56. The first-order valence-corrected chi connectivity index (χ1v) is 11.3. The van der Waals surface area contributed by atoms with Crippen LogP contribution in [0.15, 0.2) is 30.3 Å². The summed E-state index contributed by atoms with van der Waals surface area (Å²) in [5.74, 6) is -0.539. The lowest BCUT2D eigenvalue weighted by atomic mass is 9.96. The fourth-order valence-electron chi connectivity index (χ4n) is 4.08. The van der Waals surface area contributed by atoms with Crippen LogP contribution < -0.4 is 10.6 Å². The minimum Gasteiger partial charge on any atom is -0.363 e. The first-order chi connectivity index (χ1) is 15.6. The van der Waals surface area contributed by atoms with Gasteiger partial charge in [-0.2, -0.15) is 23.5 Å². The average molecular weight is 474 g/mol. The lowest BCUT2D eigenvalue weighted by Crippen LogP contribution is -2.35. The molecule has 2 N–H and O–H groups in total. The lowest BCUT2D eigenvalue weighted by molar-refractivity contribution is -0.173. The Morgan fingerprint density at radius 1 is 1.33 bits per heavy atom. The molecule has 0 radical (unpaired) electrons. The van der Waals surface area contributed by atoms with Crippen LogP contribution in [-0.2, 0) is 6.42 Å². The van der Waals surface area contributed by atoms with Gasteiger partial charge in [-0.1, -0.05) is 36.8 Å². The van der Waals surface area contributed by atoms with Crippen molar-refractivity contribution in [2.75, 3.05) is 10.6 Å². The zero-order chi connectivity index (χ0) is 23.9. The number of carbonyl (C=O) groups is 1. The largest absolute Gasteiger partial charge is 0.410 e. The topological polar surface area (TPSA) is 82.7 Å². The van der Waals surface area contributed by atoms with Gasteiger partial charge in [-0.05, 0) is 31.4 Å². The first kappa shape index (κ1) is 22.9. The third-order valence-electron chi connectivity index (χ3n) is 5.80. The van der Waals surface area contributed by atoms with Crippen molar-refractivity contribution in [1.82, 2.24) is 9.78 Å². The Labute approximate surface area is 193 Å². The number of halogens is 3. The highest BCUT2D eigenvalue weighted by atomic mass is 32.1. The van der Waals surface area contributed by atoms with E-state index in [1.54, 1.807) is 12.1 Å². The molecule has 0 fully saturated rings. The summed E-state index contributed by atoms with van der Waals surface area (Å²) >= 11 is 1.27. The summed E-state index contributed by atoms with van der Waals surface area (Å²) in [5, 5.41) is 19.6. The molecule has 0 unspecified atom stereocenters. The SMILES string of the molecule is CCc1c(C)sc(NC(=O)c2cc3n(n2)[C@@H](C(F)(F)F)C[C@@H](c2ccc(C)cc2)N3)c1C#N. The average Bonchev–Trinajstić information content (AvgIpc) is 3.32. The minimum absolute atomic E-state index is 0.122. The van der Waals surface area contributed by atoms with Crippen LogP contribution in [-0.4, -0.2) is 21.9 Å². The number of hydrogen-bond donors (Lipinski definition) is 2. The second-order valence-electron chi connectivity index (χ2n) is 8.02. The highest BCUT2D eigenvalue weighted by molar-refractivity contribution is 7.16. The summed E-state index contributed by atoms with van der Waals surface area (Å²) in [5.41, 5.74) is 2.82. The Balaban J connectivity index is 1.66. The van der Waals surface area contributed by atoms with E-state index in [0.29, 0.717) is 17.0 Å². The summed E-state index contributed by atoms with van der Waals surface area (Å²) in [6.45, 7) is 5.68. The van der Waals surface area contributed by atoms with Crippen molar-refractivity contribution in [3.8, 4) is 6.07 Å². The Morgan fingerprint density at radius 3 is 2.64 bits per heavy atom. The standard InChI is InChI=1S/C23H22F3N5OS/c1-4-15-13(3)33-22(16(15)11-27)29-21(32)18-10-20-28-17(14-7-5-12(2)6-8-14)9-19(23(24,25)26)31(20)30-18/h5-8,10,17,19,28H,4,9H2,1-3H3,(H,29,32)/t17-,19+/m0/s1. The third-order valence-corrected chi connectivity index (χ3v) is 6.87. The van der Waals surface area contributed by atoms with Crippen LogP contribution in [0.5, 0.6) is 0 Å². The number of nitrogens with zero attached hydrogens (tertiary/aromatic N) is 3. The van der Waals surface area contributed by atoms with E-state index in [9.17, 15) is 23.2 Å². The number of nitriles is 1. The number of aromatic nitrogens is 2. The molecule has 0 spiro atoms. The van der Waals surface area contributed by atoms with Crippen LogP contribution in [0.4, 0.5) is 24.0 Å². The number of rotatable bonds is 4. The van der Waals surface area contributed by atoms with Gasteiger partial charge < -0.3 is 10.6 Å². The Hall–Kier alpha value is -3.32. The van der Waals surface area contributed by atoms with Gasteiger partial charge >= 0.3 is 6.18 Å². The van der Waals surface area contributed by atoms with Gasteiger partial charge in [0.25, 0.3) is 5.91 Å². The summed E-state index contributed by atoms with van der Waals surface area (Å²) in [7, 11) is 0. The molecule has 2 atom stereocenters. The van der Waals surface area contributed by atoms with Crippen LogP contribution >= 0.6 is 11.3 Å². The number of benzene rings is 1. The van der Waals surface area contributed by atoms with Crippen molar-refractivity contribution in [1.29, 1.82) is 5.26 Å². The van der Waals surface area contributed by atoms with Gasteiger partial charge in [0.1, 0.15) is 16.9 Å².